The molecule has 1 amide bonds. The van der Waals surface area contributed by atoms with Crippen molar-refractivity contribution in [3.63, 3.8) is 0 Å². The number of hydrogen-bond acceptors (Lipinski definition) is 3. The first-order valence-electron chi connectivity index (χ1n) is 8.16. The number of imidazole rings is 1. The summed E-state index contributed by atoms with van der Waals surface area (Å²) in [4.78, 5) is 18.9. The molecule has 5 heteroatoms. The number of hydrogen-bond donors (Lipinski definition) is 1. The first-order chi connectivity index (χ1) is 10.7. The molecule has 118 valence electrons. The summed E-state index contributed by atoms with van der Waals surface area (Å²) in [5, 5.41) is 2.99. The molecule has 22 heavy (non-hydrogen) atoms. The number of aryl methyl sites for hydroxylation is 2. The van der Waals surface area contributed by atoms with Crippen LogP contribution in [-0.2, 0) is 11.3 Å². The van der Waals surface area contributed by atoms with Crippen molar-refractivity contribution in [3.8, 4) is 0 Å². The van der Waals surface area contributed by atoms with Gasteiger partial charge in [-0.3, -0.25) is 9.69 Å². The van der Waals surface area contributed by atoms with Gasteiger partial charge in [0.2, 0.25) is 5.91 Å². The summed E-state index contributed by atoms with van der Waals surface area (Å²) in [6.07, 6.45) is 3.49. The minimum Gasteiger partial charge on any atom is -0.328 e. The van der Waals surface area contributed by atoms with Crippen LogP contribution in [0.5, 0.6) is 0 Å². The normalized spacial score (nSPS) is 15.5. The second-order valence-corrected chi connectivity index (χ2v) is 6.05. The molecular weight excluding hydrogens is 276 g/mol. The number of likely N-dealkylation sites (tertiary alicyclic amines) is 1. The van der Waals surface area contributed by atoms with Crippen molar-refractivity contribution >= 4 is 22.6 Å². The summed E-state index contributed by atoms with van der Waals surface area (Å²) in [6, 6.07) is 5.99. The topological polar surface area (TPSA) is 50.2 Å². The first kappa shape index (κ1) is 15.0. The summed E-state index contributed by atoms with van der Waals surface area (Å²) >= 11 is 0. The van der Waals surface area contributed by atoms with Crippen LogP contribution < -0.4 is 5.32 Å². The van der Waals surface area contributed by atoms with Crippen molar-refractivity contribution in [1.29, 1.82) is 0 Å². The van der Waals surface area contributed by atoms with Gasteiger partial charge in [-0.2, -0.15) is 0 Å². The van der Waals surface area contributed by atoms with Gasteiger partial charge < -0.3 is 9.88 Å². The molecule has 1 saturated heterocycles. The lowest BCUT2D eigenvalue weighted by Gasteiger charge is -2.14. The van der Waals surface area contributed by atoms with E-state index in [1.54, 1.807) is 0 Å². The zero-order valence-corrected chi connectivity index (χ0v) is 13.4. The fraction of sp³-hybridized carbons (Fsp3) is 0.529. The average Bonchev–Trinajstić information content (AvgIpc) is 3.08. The maximum absolute atomic E-state index is 12.1. The van der Waals surface area contributed by atoms with E-state index in [9.17, 15) is 4.79 Å². The molecule has 2 heterocycles. The Morgan fingerprint density at radius 2 is 2.09 bits per heavy atom. The number of amides is 1. The molecule has 0 radical (unpaired) electrons. The number of benzene rings is 1. The van der Waals surface area contributed by atoms with Crippen LogP contribution in [0, 0.1) is 6.92 Å². The van der Waals surface area contributed by atoms with E-state index < -0.39 is 0 Å². The molecule has 3 rings (SSSR count). The number of aromatic nitrogens is 2. The SMILES string of the molecule is CCCn1c(C)nc2cc(NC(=O)CN3CCCC3)ccc21. The summed E-state index contributed by atoms with van der Waals surface area (Å²) in [5.41, 5.74) is 2.92. The highest BCUT2D eigenvalue weighted by Crippen LogP contribution is 2.21. The van der Waals surface area contributed by atoms with Gasteiger partial charge in [0.1, 0.15) is 5.82 Å². The Bertz CT molecular complexity index is 671. The van der Waals surface area contributed by atoms with Gasteiger partial charge in [0.25, 0.3) is 0 Å². The highest BCUT2D eigenvalue weighted by Gasteiger charge is 2.15. The Hall–Kier alpha value is -1.88. The Morgan fingerprint density at radius 1 is 1.32 bits per heavy atom. The third-order valence-corrected chi connectivity index (χ3v) is 4.24. The van der Waals surface area contributed by atoms with E-state index in [4.69, 9.17) is 0 Å². The van der Waals surface area contributed by atoms with Gasteiger partial charge in [0.05, 0.1) is 17.6 Å². The monoisotopic (exact) mass is 300 g/mol. The lowest BCUT2D eigenvalue weighted by molar-refractivity contribution is -0.117. The van der Waals surface area contributed by atoms with Crippen molar-refractivity contribution in [3.05, 3.63) is 24.0 Å². The van der Waals surface area contributed by atoms with Crippen molar-refractivity contribution in [2.45, 2.75) is 39.7 Å². The summed E-state index contributed by atoms with van der Waals surface area (Å²) in [7, 11) is 0. The summed E-state index contributed by atoms with van der Waals surface area (Å²) in [5.74, 6) is 1.09. The van der Waals surface area contributed by atoms with E-state index in [0.29, 0.717) is 6.54 Å². The van der Waals surface area contributed by atoms with Gasteiger partial charge in [0.15, 0.2) is 0 Å². The predicted octanol–water partition coefficient (Wildman–Crippen LogP) is 2.79. The fourth-order valence-electron chi connectivity index (χ4n) is 3.18. The van der Waals surface area contributed by atoms with Gasteiger partial charge in [-0.1, -0.05) is 6.92 Å². The lowest BCUT2D eigenvalue weighted by Crippen LogP contribution is -2.30. The van der Waals surface area contributed by atoms with Gasteiger partial charge >= 0.3 is 0 Å². The molecule has 0 aliphatic carbocycles. The zero-order chi connectivity index (χ0) is 15.5. The van der Waals surface area contributed by atoms with E-state index >= 15 is 0 Å². The standard InChI is InChI=1S/C17H24N4O/c1-3-8-21-13(2)18-15-11-14(6-7-16(15)21)19-17(22)12-20-9-4-5-10-20/h6-7,11H,3-5,8-10,12H2,1-2H3,(H,19,22). The summed E-state index contributed by atoms with van der Waals surface area (Å²) in [6.45, 7) is 7.73. The highest BCUT2D eigenvalue weighted by atomic mass is 16.2. The van der Waals surface area contributed by atoms with Crippen molar-refractivity contribution in [2.75, 3.05) is 25.0 Å². The molecule has 0 saturated carbocycles. The Labute approximate surface area is 131 Å². The molecule has 5 nitrogen and oxygen atoms in total. The smallest absolute Gasteiger partial charge is 0.238 e. The second kappa shape index (κ2) is 6.48. The average molecular weight is 300 g/mol. The van der Waals surface area contributed by atoms with E-state index in [1.807, 2.05) is 19.1 Å². The molecule has 0 unspecified atom stereocenters. The molecule has 2 aromatic rings. The molecule has 0 spiro atoms. The third kappa shape index (κ3) is 3.14. The molecule has 1 aromatic heterocycles. The minimum absolute atomic E-state index is 0.0611. The quantitative estimate of drug-likeness (QED) is 0.923. The van der Waals surface area contributed by atoms with E-state index in [1.165, 1.54) is 12.8 Å². The molecular formula is C17H24N4O. The number of rotatable bonds is 5. The predicted molar refractivity (Wildman–Crippen MR) is 89.1 cm³/mol. The van der Waals surface area contributed by atoms with Gasteiger partial charge in [-0.05, 0) is 57.5 Å². The number of fused-ring (bicyclic) bond motifs is 1. The Kier molecular flexibility index (Phi) is 4.43. The molecule has 1 aliphatic heterocycles. The molecule has 0 atom stereocenters. The van der Waals surface area contributed by atoms with Crippen molar-refractivity contribution in [1.82, 2.24) is 14.5 Å². The number of nitrogens with one attached hydrogen (secondary N) is 1. The molecule has 1 fully saturated rings. The van der Waals surface area contributed by atoms with Crippen LogP contribution in [0.25, 0.3) is 11.0 Å². The maximum atomic E-state index is 12.1. The van der Waals surface area contributed by atoms with Crippen molar-refractivity contribution < 1.29 is 4.79 Å². The lowest BCUT2D eigenvalue weighted by atomic mass is 10.2. The fourth-order valence-corrected chi connectivity index (χ4v) is 3.18. The van der Waals surface area contributed by atoms with E-state index in [2.05, 4.69) is 32.8 Å². The first-order valence-corrected chi connectivity index (χ1v) is 8.16. The van der Waals surface area contributed by atoms with Gasteiger partial charge in [-0.15, -0.1) is 0 Å². The molecule has 1 aromatic carbocycles. The van der Waals surface area contributed by atoms with Gasteiger partial charge in [0, 0.05) is 12.2 Å². The molecule has 0 bridgehead atoms. The maximum Gasteiger partial charge on any atom is 0.238 e. The molecule has 1 N–H and O–H groups in total. The van der Waals surface area contributed by atoms with Crippen LogP contribution in [0.1, 0.15) is 32.0 Å². The van der Waals surface area contributed by atoms with Gasteiger partial charge in [-0.25, -0.2) is 4.98 Å². The number of anilines is 1. The minimum atomic E-state index is 0.0611. The zero-order valence-electron chi connectivity index (χ0n) is 13.4. The third-order valence-electron chi connectivity index (χ3n) is 4.24. The van der Waals surface area contributed by atoms with Crippen LogP contribution >= 0.6 is 0 Å². The number of nitrogens with zero attached hydrogens (tertiary/aromatic N) is 3. The van der Waals surface area contributed by atoms with Crippen LogP contribution in [0.3, 0.4) is 0 Å². The van der Waals surface area contributed by atoms with Crippen molar-refractivity contribution in [2.24, 2.45) is 0 Å². The Balaban J connectivity index is 1.73. The van der Waals surface area contributed by atoms with Crippen LogP contribution in [0.4, 0.5) is 5.69 Å². The Morgan fingerprint density at radius 3 is 2.82 bits per heavy atom. The number of carbonyl (C=O) groups is 1. The molecule has 1 aliphatic rings. The largest absolute Gasteiger partial charge is 0.328 e. The number of carbonyl (C=O) groups excluding carboxylic acids is 1. The van der Waals surface area contributed by atoms with E-state index in [0.717, 1.165) is 48.6 Å². The highest BCUT2D eigenvalue weighted by molar-refractivity contribution is 5.94. The second-order valence-electron chi connectivity index (χ2n) is 6.05. The van der Waals surface area contributed by atoms with Crippen LogP contribution in [0.15, 0.2) is 18.2 Å². The van der Waals surface area contributed by atoms with E-state index in [-0.39, 0.29) is 5.91 Å². The summed E-state index contributed by atoms with van der Waals surface area (Å²) < 4.78 is 2.23. The van der Waals surface area contributed by atoms with Crippen LogP contribution in [-0.4, -0.2) is 40.0 Å². The van der Waals surface area contributed by atoms with Crippen LogP contribution in [0.2, 0.25) is 0 Å².